The van der Waals surface area contributed by atoms with Gasteiger partial charge >= 0.3 is 0 Å². The fourth-order valence-corrected chi connectivity index (χ4v) is 2.11. The van der Waals surface area contributed by atoms with E-state index in [1.165, 1.54) is 5.56 Å². The Morgan fingerprint density at radius 3 is 2.48 bits per heavy atom. The zero-order valence-corrected chi connectivity index (χ0v) is 14.3. The van der Waals surface area contributed by atoms with Crippen LogP contribution in [0.25, 0.3) is 0 Å². The van der Waals surface area contributed by atoms with Gasteiger partial charge in [0.05, 0.1) is 0 Å². The fourth-order valence-electron chi connectivity index (χ4n) is 2.11. The quantitative estimate of drug-likeness (QED) is 0.878. The molecule has 1 aromatic heterocycles. The van der Waals surface area contributed by atoms with E-state index in [4.69, 9.17) is 4.52 Å². The summed E-state index contributed by atoms with van der Waals surface area (Å²) < 4.78 is 5.22. The fraction of sp³-hybridized carbons (Fsp3) is 0.500. The molecular formula is C18H25N3O2. The van der Waals surface area contributed by atoms with E-state index in [-0.39, 0.29) is 11.3 Å². The summed E-state index contributed by atoms with van der Waals surface area (Å²) in [5.74, 6) is 1.30. The highest BCUT2D eigenvalue weighted by Crippen LogP contribution is 2.19. The molecular weight excluding hydrogens is 290 g/mol. The number of carbonyl (C=O) groups is 1. The monoisotopic (exact) mass is 315 g/mol. The van der Waals surface area contributed by atoms with E-state index in [0.717, 1.165) is 12.1 Å². The van der Waals surface area contributed by atoms with Gasteiger partial charge in [0.25, 0.3) is 0 Å². The van der Waals surface area contributed by atoms with Crippen molar-refractivity contribution in [1.82, 2.24) is 10.1 Å². The molecule has 1 amide bonds. The van der Waals surface area contributed by atoms with Crippen LogP contribution in [-0.2, 0) is 23.1 Å². The van der Waals surface area contributed by atoms with E-state index in [2.05, 4.69) is 22.4 Å². The second-order valence-corrected chi connectivity index (χ2v) is 6.71. The molecule has 23 heavy (non-hydrogen) atoms. The van der Waals surface area contributed by atoms with Crippen molar-refractivity contribution >= 4 is 11.6 Å². The predicted octanol–water partition coefficient (Wildman–Crippen LogP) is 3.89. The Hall–Kier alpha value is -2.17. The van der Waals surface area contributed by atoms with Crippen LogP contribution in [0.4, 0.5) is 5.69 Å². The van der Waals surface area contributed by atoms with Crippen LogP contribution in [0.3, 0.4) is 0 Å². The number of anilines is 1. The van der Waals surface area contributed by atoms with Gasteiger partial charge in [0.15, 0.2) is 5.82 Å². The largest absolute Gasteiger partial charge is 0.339 e. The van der Waals surface area contributed by atoms with Gasteiger partial charge in [0, 0.05) is 23.9 Å². The summed E-state index contributed by atoms with van der Waals surface area (Å²) in [6, 6.07) is 7.93. The van der Waals surface area contributed by atoms with Gasteiger partial charge in [-0.05, 0) is 30.5 Å². The van der Waals surface area contributed by atoms with Crippen molar-refractivity contribution in [2.24, 2.45) is 0 Å². The lowest BCUT2D eigenvalue weighted by molar-refractivity contribution is -0.116. The van der Waals surface area contributed by atoms with Crippen molar-refractivity contribution in [3.05, 3.63) is 41.5 Å². The van der Waals surface area contributed by atoms with Gasteiger partial charge < -0.3 is 9.84 Å². The van der Waals surface area contributed by atoms with Gasteiger partial charge in [-0.15, -0.1) is 0 Å². The molecule has 2 rings (SSSR count). The van der Waals surface area contributed by atoms with Crippen LogP contribution < -0.4 is 5.32 Å². The second-order valence-electron chi connectivity index (χ2n) is 6.71. The van der Waals surface area contributed by atoms with Crippen molar-refractivity contribution in [1.29, 1.82) is 0 Å². The van der Waals surface area contributed by atoms with E-state index in [9.17, 15) is 4.79 Å². The normalized spacial score (nSPS) is 11.5. The molecule has 0 fully saturated rings. The lowest BCUT2D eigenvalue weighted by atomic mass is 9.96. The minimum absolute atomic E-state index is 0.00445. The van der Waals surface area contributed by atoms with E-state index < -0.39 is 0 Å². The van der Waals surface area contributed by atoms with Crippen LogP contribution in [0, 0.1) is 0 Å². The molecule has 124 valence electrons. The number of benzene rings is 1. The highest BCUT2D eigenvalue weighted by Gasteiger charge is 2.20. The first kappa shape index (κ1) is 17.2. The van der Waals surface area contributed by atoms with E-state index in [1.807, 2.05) is 45.0 Å². The standard InChI is InChI=1S/C18H25N3O2/c1-5-13-9-11-14(12-10-13)19-15(22)7-6-8-16-20-17(21-23-16)18(2,3)4/h9-12H,5-8H2,1-4H3,(H,19,22). The number of carbonyl (C=O) groups excluding carboxylic acids is 1. The first-order chi connectivity index (χ1) is 10.9. The Morgan fingerprint density at radius 1 is 1.22 bits per heavy atom. The molecule has 2 aromatic rings. The predicted molar refractivity (Wildman–Crippen MR) is 90.4 cm³/mol. The molecule has 1 aromatic carbocycles. The number of aryl methyl sites for hydroxylation is 2. The van der Waals surface area contributed by atoms with Crippen molar-refractivity contribution in [2.45, 2.75) is 58.8 Å². The van der Waals surface area contributed by atoms with Gasteiger partial charge in [-0.3, -0.25) is 4.79 Å². The SMILES string of the molecule is CCc1ccc(NC(=O)CCCc2nc(C(C)(C)C)no2)cc1. The molecule has 5 heteroatoms. The van der Waals surface area contributed by atoms with Gasteiger partial charge in [-0.2, -0.15) is 4.98 Å². The topological polar surface area (TPSA) is 68.0 Å². The highest BCUT2D eigenvalue weighted by atomic mass is 16.5. The minimum atomic E-state index is -0.121. The zero-order chi connectivity index (χ0) is 16.9. The Morgan fingerprint density at radius 2 is 1.91 bits per heavy atom. The van der Waals surface area contributed by atoms with Crippen LogP contribution in [0.1, 0.15) is 57.8 Å². The van der Waals surface area contributed by atoms with Crippen LogP contribution in [0.15, 0.2) is 28.8 Å². The molecule has 0 radical (unpaired) electrons. The molecule has 0 atom stereocenters. The maximum absolute atomic E-state index is 11.9. The third-order valence-electron chi connectivity index (χ3n) is 3.58. The number of aromatic nitrogens is 2. The molecule has 0 aliphatic rings. The molecule has 0 saturated heterocycles. The molecule has 0 bridgehead atoms. The van der Waals surface area contributed by atoms with Gasteiger partial charge in [0.1, 0.15) is 0 Å². The number of hydrogen-bond acceptors (Lipinski definition) is 4. The van der Waals surface area contributed by atoms with Crippen LogP contribution in [-0.4, -0.2) is 16.0 Å². The van der Waals surface area contributed by atoms with E-state index in [0.29, 0.717) is 31.0 Å². The van der Waals surface area contributed by atoms with Crippen LogP contribution >= 0.6 is 0 Å². The maximum atomic E-state index is 11.9. The molecule has 5 nitrogen and oxygen atoms in total. The van der Waals surface area contributed by atoms with E-state index >= 15 is 0 Å². The summed E-state index contributed by atoms with van der Waals surface area (Å²) in [7, 11) is 0. The smallest absolute Gasteiger partial charge is 0.226 e. The molecule has 0 spiro atoms. The zero-order valence-electron chi connectivity index (χ0n) is 14.3. The first-order valence-electron chi connectivity index (χ1n) is 8.10. The van der Waals surface area contributed by atoms with E-state index in [1.54, 1.807) is 0 Å². The molecule has 1 N–H and O–H groups in total. The summed E-state index contributed by atoms with van der Waals surface area (Å²) in [6.45, 7) is 8.23. The number of hydrogen-bond donors (Lipinski definition) is 1. The van der Waals surface area contributed by atoms with Crippen molar-refractivity contribution < 1.29 is 9.32 Å². The van der Waals surface area contributed by atoms with Crippen molar-refractivity contribution in [3.8, 4) is 0 Å². The lowest BCUT2D eigenvalue weighted by Crippen LogP contribution is -2.13. The van der Waals surface area contributed by atoms with Crippen LogP contribution in [0.2, 0.25) is 0 Å². The van der Waals surface area contributed by atoms with Crippen molar-refractivity contribution in [3.63, 3.8) is 0 Å². The average Bonchev–Trinajstić information content (AvgIpc) is 2.97. The third kappa shape index (κ3) is 5.20. The maximum Gasteiger partial charge on any atom is 0.226 e. The Kier molecular flexibility index (Phi) is 5.53. The number of nitrogens with zero attached hydrogens (tertiary/aromatic N) is 2. The second kappa shape index (κ2) is 7.40. The summed E-state index contributed by atoms with van der Waals surface area (Å²) in [5.41, 5.74) is 1.97. The van der Waals surface area contributed by atoms with Gasteiger partial charge in [0.2, 0.25) is 11.8 Å². The summed E-state index contributed by atoms with van der Waals surface area (Å²) in [5, 5.41) is 6.89. The Bertz CT molecular complexity index is 639. The molecule has 0 aliphatic carbocycles. The number of amides is 1. The average molecular weight is 315 g/mol. The Balaban J connectivity index is 1.77. The number of nitrogens with one attached hydrogen (secondary N) is 1. The first-order valence-corrected chi connectivity index (χ1v) is 8.10. The summed E-state index contributed by atoms with van der Waals surface area (Å²) in [4.78, 5) is 16.3. The lowest BCUT2D eigenvalue weighted by Gasteiger charge is -2.10. The molecule has 1 heterocycles. The minimum Gasteiger partial charge on any atom is -0.339 e. The van der Waals surface area contributed by atoms with Crippen LogP contribution in [0.5, 0.6) is 0 Å². The molecule has 0 saturated carbocycles. The molecule has 0 unspecified atom stereocenters. The summed E-state index contributed by atoms with van der Waals surface area (Å²) in [6.07, 6.45) is 2.73. The van der Waals surface area contributed by atoms with Crippen molar-refractivity contribution in [2.75, 3.05) is 5.32 Å². The third-order valence-corrected chi connectivity index (χ3v) is 3.58. The highest BCUT2D eigenvalue weighted by molar-refractivity contribution is 5.90. The Labute approximate surface area is 137 Å². The van der Waals surface area contributed by atoms with Gasteiger partial charge in [-0.1, -0.05) is 45.0 Å². The van der Waals surface area contributed by atoms with Gasteiger partial charge in [-0.25, -0.2) is 0 Å². The summed E-state index contributed by atoms with van der Waals surface area (Å²) >= 11 is 0. The molecule has 0 aliphatic heterocycles. The number of rotatable bonds is 6.